The molecular weight excluding hydrogens is 1330 g/mol. The molecule has 2 aromatic rings. The van der Waals surface area contributed by atoms with Crippen molar-refractivity contribution >= 4 is 45.6 Å². The fourth-order valence-corrected chi connectivity index (χ4v) is 10.6. The Labute approximate surface area is 607 Å². The number of allylic oxidation sites excluding steroid dienone is 20. The minimum absolute atomic E-state index is 0. The van der Waals surface area contributed by atoms with Crippen molar-refractivity contribution in [1.82, 2.24) is 0 Å². The third-order valence-corrected chi connectivity index (χ3v) is 15.7. The summed E-state index contributed by atoms with van der Waals surface area (Å²) in [7, 11) is 0. The molecule has 15 nitrogen and oxygen atoms in total. The van der Waals surface area contributed by atoms with Crippen LogP contribution in [0.1, 0.15) is 154 Å². The topological polar surface area (TPSA) is 215 Å². The number of hydrogen-bond donors (Lipinski definition) is 0. The average Bonchev–Trinajstić information content (AvgIpc) is 3.34. The molecule has 0 N–H and O–H groups in total. The first-order valence-electron chi connectivity index (χ1n) is 34.8. The van der Waals surface area contributed by atoms with Gasteiger partial charge >= 0.3 is 50.3 Å². The van der Waals surface area contributed by atoms with E-state index in [-0.39, 0.29) is 50.3 Å². The fourth-order valence-electron chi connectivity index (χ4n) is 10.6. The summed E-state index contributed by atoms with van der Waals surface area (Å²) < 4.78 is 0. The van der Waals surface area contributed by atoms with Crippen LogP contribution in [0.4, 0.5) is 22.7 Å². The molecular formula is C78H102Co3N13O2. The fraction of sp³-hybridized carbons (Fsp3) is 0.462. The quantitative estimate of drug-likeness (QED) is 0.143. The molecule has 3 aliphatic heterocycles. The Balaban J connectivity index is 0.000000362. The summed E-state index contributed by atoms with van der Waals surface area (Å²) in [6, 6.07) is 20.7. The van der Waals surface area contributed by atoms with E-state index in [0.717, 1.165) is 229 Å². The van der Waals surface area contributed by atoms with Crippen molar-refractivity contribution in [2.45, 2.75) is 154 Å². The van der Waals surface area contributed by atoms with Crippen LogP contribution >= 0.6 is 0 Å². The standard InChI is InChI=1S/3C26H34N4.3Co.HNO2/c3*1-2-12-20-28-25-17-9-6-10-18-26(25)30-22-14-4-3-13-21-29-24-16-8-5-7-15-23(24)27-19-11-1;;;;2-1-3/h3*5-10,15-18H,1-4,11-14,19-22H2;;;;(H,2,3)/q3*-2;2*+2;+3;/p-1. The molecule has 0 fully saturated rings. The first-order valence-corrected chi connectivity index (χ1v) is 34.8. The average molecular weight is 1430 g/mol. The summed E-state index contributed by atoms with van der Waals surface area (Å²) in [5, 5.41) is 47.6. The van der Waals surface area contributed by atoms with Crippen LogP contribution < -0.4 is 0 Å². The van der Waals surface area contributed by atoms with Gasteiger partial charge in [-0.25, -0.2) is 0 Å². The van der Waals surface area contributed by atoms with Gasteiger partial charge in [-0.3, -0.25) is 20.0 Å². The maximum absolute atomic E-state index is 8.00. The molecule has 0 bridgehead atoms. The molecule has 0 saturated carbocycles. The molecule has 0 spiro atoms. The molecule has 2 aromatic carbocycles. The minimum atomic E-state index is 0. The van der Waals surface area contributed by atoms with Crippen molar-refractivity contribution in [2.24, 2.45) is 25.3 Å². The van der Waals surface area contributed by atoms with Gasteiger partial charge in [0.15, 0.2) is 0 Å². The van der Waals surface area contributed by atoms with E-state index >= 15 is 0 Å². The van der Waals surface area contributed by atoms with E-state index in [9.17, 15) is 0 Å². The minimum Gasteiger partial charge on any atom is -0.683 e. The van der Waals surface area contributed by atoms with Crippen molar-refractivity contribution in [1.29, 1.82) is 0 Å². The second kappa shape index (κ2) is 57.2. The number of nitrogens with zero attached hydrogens (tertiary/aromatic N) is 13. The largest absolute Gasteiger partial charge is 3.00 e. The summed E-state index contributed by atoms with van der Waals surface area (Å²) in [5.41, 5.74) is 12.3. The van der Waals surface area contributed by atoms with Crippen LogP contribution in [0.25, 0.3) is 42.5 Å². The van der Waals surface area contributed by atoms with E-state index in [1.807, 2.05) is 36.4 Å². The van der Waals surface area contributed by atoms with Crippen LogP contribution in [-0.2, 0) is 50.3 Å². The van der Waals surface area contributed by atoms with Gasteiger partial charge in [0, 0.05) is 110 Å². The molecule has 3 heterocycles. The van der Waals surface area contributed by atoms with Crippen molar-refractivity contribution in [2.75, 3.05) is 78.5 Å². The van der Waals surface area contributed by atoms with Gasteiger partial charge in [0.05, 0.1) is 0 Å². The molecule has 0 aromatic heterocycles. The SMILES string of the molecule is C1=CC=C2[N-]CCCCCCN=C3C=CC=CC=C3[N-]CCCCCCN=C2C=C1.C1=CC=C2[N-]CCCCCCN=C3C=CC=CC=C3[N-]CCCCCCN=C2C=C1.O=N[O-].[Co+2].[Co+2].[Co+3].c1ccc2[c+](cc1)[N-]CCCCCC[N-]c1ccccc[c+]1[N-]CCCCCC[N-]2. The Kier molecular flexibility index (Phi) is 49.6. The van der Waals surface area contributed by atoms with Gasteiger partial charge < -0.3 is 52.6 Å². The molecule has 7 aliphatic rings. The molecule has 96 heavy (non-hydrogen) atoms. The first kappa shape index (κ1) is 83.3. The van der Waals surface area contributed by atoms with Crippen LogP contribution in [0.15, 0.2) is 230 Å². The third kappa shape index (κ3) is 37.5. The van der Waals surface area contributed by atoms with Gasteiger partial charge in [-0.05, 0) is 72.7 Å². The summed E-state index contributed by atoms with van der Waals surface area (Å²) >= 11 is 0. The van der Waals surface area contributed by atoms with Crippen molar-refractivity contribution in [3.8, 4) is 0 Å². The zero-order valence-electron chi connectivity index (χ0n) is 56.4. The normalized spacial score (nSPS) is 19.0. The number of aliphatic imine (C=N–C) groups is 4. The maximum Gasteiger partial charge on any atom is 3.00 e. The summed E-state index contributed by atoms with van der Waals surface area (Å²) in [5.74, 6) is 0. The van der Waals surface area contributed by atoms with Crippen LogP contribution in [0, 0.1) is 10.1 Å². The predicted molar refractivity (Wildman–Crippen MR) is 401 cm³/mol. The Bertz CT molecular complexity index is 2630. The van der Waals surface area contributed by atoms with Gasteiger partial charge in [0.1, 0.15) is 0 Å². The second-order valence-corrected chi connectivity index (χ2v) is 23.2. The molecule has 2 radical (unpaired) electrons. The molecule has 518 valence electrons. The van der Waals surface area contributed by atoms with E-state index in [2.05, 4.69) is 146 Å². The van der Waals surface area contributed by atoms with E-state index in [1.165, 1.54) is 77.0 Å². The van der Waals surface area contributed by atoms with Gasteiger partial charge in [0.25, 0.3) is 0 Å². The molecule has 9 rings (SSSR count). The third-order valence-electron chi connectivity index (χ3n) is 15.7. The molecule has 0 unspecified atom stereocenters. The second-order valence-electron chi connectivity index (χ2n) is 23.2. The Morgan fingerprint density at radius 3 is 0.844 bits per heavy atom. The summed E-state index contributed by atoms with van der Waals surface area (Å²) in [6.07, 6.45) is 68.8. The number of rotatable bonds is 0. The maximum atomic E-state index is 8.00. The van der Waals surface area contributed by atoms with E-state index < -0.39 is 0 Å². The first-order chi connectivity index (χ1) is 46.2. The summed E-state index contributed by atoms with van der Waals surface area (Å²) in [4.78, 5) is 27.3. The van der Waals surface area contributed by atoms with Crippen molar-refractivity contribution in [3.05, 3.63) is 258 Å². The predicted octanol–water partition coefficient (Wildman–Crippen LogP) is 22.9. The van der Waals surface area contributed by atoms with E-state index in [1.54, 1.807) is 0 Å². The van der Waals surface area contributed by atoms with E-state index in [0.29, 0.717) is 0 Å². The molecule has 18 heteroatoms. The monoisotopic (exact) mass is 1430 g/mol. The molecule has 0 atom stereocenters. The zero-order valence-corrected chi connectivity index (χ0v) is 59.5. The van der Waals surface area contributed by atoms with Crippen molar-refractivity contribution < 1.29 is 50.3 Å². The molecule has 4 aliphatic carbocycles. The Hall–Kier alpha value is -6.94. The number of fused-ring (bicyclic) bond motifs is 6. The zero-order chi connectivity index (χ0) is 64.8. The van der Waals surface area contributed by atoms with Crippen LogP contribution in [0.2, 0.25) is 0 Å². The molecule has 0 saturated heterocycles. The summed E-state index contributed by atoms with van der Waals surface area (Å²) in [6.45, 7) is 10.3. The van der Waals surface area contributed by atoms with Crippen LogP contribution in [-0.4, -0.2) is 101 Å². The van der Waals surface area contributed by atoms with Crippen LogP contribution in [0.5, 0.6) is 0 Å². The van der Waals surface area contributed by atoms with Crippen LogP contribution in [0.3, 0.4) is 0 Å². The number of hydrogen-bond acceptors (Lipinski definition) is 7. The van der Waals surface area contributed by atoms with Gasteiger partial charge in [-0.1, -0.05) is 226 Å². The van der Waals surface area contributed by atoms with Gasteiger partial charge in [0.2, 0.25) is 0 Å². The molecule has 0 amide bonds. The van der Waals surface area contributed by atoms with Gasteiger partial charge in [-0.15, -0.1) is 80.5 Å². The smallest absolute Gasteiger partial charge is 0.683 e. The van der Waals surface area contributed by atoms with E-state index in [4.69, 9.17) is 72.6 Å². The van der Waals surface area contributed by atoms with Gasteiger partial charge in [-0.2, -0.15) is 0 Å². The Morgan fingerprint density at radius 1 is 0.312 bits per heavy atom. The van der Waals surface area contributed by atoms with Crippen molar-refractivity contribution in [3.63, 3.8) is 0 Å². The Morgan fingerprint density at radius 2 is 0.562 bits per heavy atom.